The zero-order chi connectivity index (χ0) is 14.5. The first-order valence-corrected chi connectivity index (χ1v) is 8.02. The topological polar surface area (TPSA) is 37.4 Å². The van der Waals surface area contributed by atoms with Crippen molar-refractivity contribution in [3.05, 3.63) is 29.8 Å². The third-order valence-corrected chi connectivity index (χ3v) is 4.69. The molecular weight excluding hydrogens is 270 g/mol. The minimum atomic E-state index is -0.0729. The second-order valence-corrected chi connectivity index (χ2v) is 6.64. The van der Waals surface area contributed by atoms with Crippen LogP contribution in [0.3, 0.4) is 0 Å². The van der Waals surface area contributed by atoms with Crippen LogP contribution in [0.1, 0.15) is 43.5 Å². The Bertz CT molecular complexity index is 478. The molecule has 0 N–H and O–H groups in total. The number of piperidine rings is 1. The fourth-order valence-electron chi connectivity index (χ4n) is 2.39. The highest BCUT2D eigenvalue weighted by molar-refractivity contribution is 8.00. The molecule has 0 spiro atoms. The van der Waals surface area contributed by atoms with Gasteiger partial charge in [-0.05, 0) is 45.2 Å². The maximum Gasteiger partial charge on any atom is 0.235 e. The zero-order valence-electron chi connectivity index (χ0n) is 12.1. The second kappa shape index (κ2) is 6.93. The molecule has 1 unspecified atom stereocenters. The molecule has 0 saturated carbocycles. The van der Waals surface area contributed by atoms with Crippen LogP contribution in [-0.2, 0) is 4.79 Å². The second-order valence-electron chi connectivity index (χ2n) is 5.23. The Morgan fingerprint density at radius 1 is 1.10 bits per heavy atom. The third kappa shape index (κ3) is 3.85. The molecule has 0 aromatic heterocycles. The lowest BCUT2D eigenvalue weighted by molar-refractivity contribution is -0.131. The van der Waals surface area contributed by atoms with Gasteiger partial charge in [-0.25, -0.2) is 0 Å². The Balaban J connectivity index is 1.94. The fourth-order valence-corrected chi connectivity index (χ4v) is 3.35. The van der Waals surface area contributed by atoms with E-state index in [9.17, 15) is 9.59 Å². The van der Waals surface area contributed by atoms with Crippen LogP contribution in [0.4, 0.5) is 0 Å². The van der Waals surface area contributed by atoms with Crippen molar-refractivity contribution in [2.24, 2.45) is 0 Å². The van der Waals surface area contributed by atoms with Crippen molar-refractivity contribution in [3.63, 3.8) is 0 Å². The first-order chi connectivity index (χ1) is 9.58. The number of benzene rings is 1. The van der Waals surface area contributed by atoms with Gasteiger partial charge in [0.1, 0.15) is 0 Å². The van der Waals surface area contributed by atoms with Crippen LogP contribution in [-0.4, -0.2) is 34.9 Å². The molecule has 0 aliphatic carbocycles. The van der Waals surface area contributed by atoms with Gasteiger partial charge in [-0.3, -0.25) is 9.59 Å². The number of carbonyl (C=O) groups is 2. The number of Topliss-reactive ketones (excluding diaryl/α,β-unsaturated/α-hetero) is 1. The van der Waals surface area contributed by atoms with Crippen LogP contribution in [0.25, 0.3) is 0 Å². The summed E-state index contributed by atoms with van der Waals surface area (Å²) < 4.78 is 0. The van der Waals surface area contributed by atoms with Crippen LogP contribution in [0.5, 0.6) is 0 Å². The van der Waals surface area contributed by atoms with E-state index in [1.807, 2.05) is 36.1 Å². The Hall–Kier alpha value is -1.29. The SMILES string of the molecule is CC(=O)c1ccc(SC(C)C(=O)N2CCCCC2)cc1. The van der Waals surface area contributed by atoms with E-state index < -0.39 is 0 Å². The summed E-state index contributed by atoms with van der Waals surface area (Å²) in [5.74, 6) is 0.296. The Kier molecular flexibility index (Phi) is 5.24. The Labute approximate surface area is 124 Å². The van der Waals surface area contributed by atoms with Crippen LogP contribution >= 0.6 is 11.8 Å². The first kappa shape index (κ1) is 15.1. The molecule has 1 atom stereocenters. The van der Waals surface area contributed by atoms with Crippen molar-refractivity contribution >= 4 is 23.5 Å². The zero-order valence-corrected chi connectivity index (χ0v) is 12.9. The molecule has 0 radical (unpaired) electrons. The first-order valence-electron chi connectivity index (χ1n) is 7.14. The summed E-state index contributed by atoms with van der Waals surface area (Å²) in [6.07, 6.45) is 3.48. The average Bonchev–Trinajstić information content (AvgIpc) is 2.48. The summed E-state index contributed by atoms with van der Waals surface area (Å²) in [5, 5.41) is -0.0729. The molecule has 3 nitrogen and oxygen atoms in total. The van der Waals surface area contributed by atoms with Crippen LogP contribution < -0.4 is 0 Å². The van der Waals surface area contributed by atoms with Crippen molar-refractivity contribution < 1.29 is 9.59 Å². The number of carbonyl (C=O) groups excluding carboxylic acids is 2. The molecule has 4 heteroatoms. The smallest absolute Gasteiger partial charge is 0.235 e. The van der Waals surface area contributed by atoms with E-state index >= 15 is 0 Å². The van der Waals surface area contributed by atoms with Gasteiger partial charge in [0, 0.05) is 23.5 Å². The van der Waals surface area contributed by atoms with Crippen molar-refractivity contribution in [2.45, 2.75) is 43.3 Å². The summed E-state index contributed by atoms with van der Waals surface area (Å²) in [5.41, 5.74) is 0.712. The lowest BCUT2D eigenvalue weighted by Crippen LogP contribution is -2.40. The van der Waals surface area contributed by atoms with Crippen molar-refractivity contribution in [3.8, 4) is 0 Å². The lowest BCUT2D eigenvalue weighted by Gasteiger charge is -2.29. The van der Waals surface area contributed by atoms with Crippen molar-refractivity contribution in [1.29, 1.82) is 0 Å². The van der Waals surface area contributed by atoms with E-state index in [-0.39, 0.29) is 16.9 Å². The van der Waals surface area contributed by atoms with Crippen LogP contribution in [0, 0.1) is 0 Å². The number of hydrogen-bond donors (Lipinski definition) is 0. The number of rotatable bonds is 4. The molecule has 1 saturated heterocycles. The van der Waals surface area contributed by atoms with Gasteiger partial charge in [-0.15, -0.1) is 11.8 Å². The van der Waals surface area contributed by atoms with Crippen LogP contribution in [0.15, 0.2) is 29.2 Å². The summed E-state index contributed by atoms with van der Waals surface area (Å²) in [6.45, 7) is 5.31. The maximum absolute atomic E-state index is 12.3. The Morgan fingerprint density at radius 3 is 2.25 bits per heavy atom. The standard InChI is InChI=1S/C16H21NO2S/c1-12(18)14-6-8-15(9-7-14)20-13(2)16(19)17-10-4-3-5-11-17/h6-9,13H,3-5,10-11H2,1-2H3. The Morgan fingerprint density at radius 2 is 1.70 bits per heavy atom. The predicted octanol–water partition coefficient (Wildman–Crippen LogP) is 3.38. The van der Waals surface area contributed by atoms with Crippen molar-refractivity contribution in [1.82, 2.24) is 4.90 Å². The number of ketones is 1. The van der Waals surface area contributed by atoms with E-state index in [1.54, 1.807) is 18.7 Å². The molecule has 108 valence electrons. The van der Waals surface area contributed by atoms with E-state index in [1.165, 1.54) is 6.42 Å². The number of nitrogens with zero attached hydrogens (tertiary/aromatic N) is 1. The normalized spacial score (nSPS) is 16.8. The maximum atomic E-state index is 12.3. The van der Waals surface area contributed by atoms with Crippen molar-refractivity contribution in [2.75, 3.05) is 13.1 Å². The average molecular weight is 291 g/mol. The molecule has 1 fully saturated rings. The predicted molar refractivity (Wildman–Crippen MR) is 82.2 cm³/mol. The summed E-state index contributed by atoms with van der Waals surface area (Å²) in [4.78, 5) is 26.6. The monoisotopic (exact) mass is 291 g/mol. The minimum absolute atomic E-state index is 0.0685. The quantitative estimate of drug-likeness (QED) is 0.630. The van der Waals surface area contributed by atoms with Gasteiger partial charge in [-0.2, -0.15) is 0 Å². The van der Waals surface area contributed by atoms with Gasteiger partial charge in [-0.1, -0.05) is 12.1 Å². The molecule has 20 heavy (non-hydrogen) atoms. The molecule has 1 heterocycles. The highest BCUT2D eigenvalue weighted by Gasteiger charge is 2.22. The minimum Gasteiger partial charge on any atom is -0.342 e. The molecular formula is C16H21NO2S. The van der Waals surface area contributed by atoms with Crippen LogP contribution in [0.2, 0.25) is 0 Å². The highest BCUT2D eigenvalue weighted by atomic mass is 32.2. The van der Waals surface area contributed by atoms with Gasteiger partial charge in [0.25, 0.3) is 0 Å². The molecule has 2 rings (SSSR count). The number of amides is 1. The number of thioether (sulfide) groups is 1. The summed E-state index contributed by atoms with van der Waals surface area (Å²) >= 11 is 1.56. The van der Waals surface area contributed by atoms with Gasteiger partial charge >= 0.3 is 0 Å². The van der Waals surface area contributed by atoms with E-state index in [0.717, 1.165) is 30.8 Å². The summed E-state index contributed by atoms with van der Waals surface area (Å²) in [6, 6.07) is 7.48. The largest absolute Gasteiger partial charge is 0.342 e. The molecule has 1 aromatic carbocycles. The summed E-state index contributed by atoms with van der Waals surface area (Å²) in [7, 11) is 0. The molecule has 1 amide bonds. The van der Waals surface area contributed by atoms with E-state index in [2.05, 4.69) is 0 Å². The number of likely N-dealkylation sites (tertiary alicyclic amines) is 1. The number of hydrogen-bond acceptors (Lipinski definition) is 3. The van der Waals surface area contributed by atoms with Gasteiger partial charge in [0.2, 0.25) is 5.91 Å². The highest BCUT2D eigenvalue weighted by Crippen LogP contribution is 2.25. The van der Waals surface area contributed by atoms with Gasteiger partial charge < -0.3 is 4.90 Å². The fraction of sp³-hybridized carbons (Fsp3) is 0.500. The van der Waals surface area contributed by atoms with E-state index in [4.69, 9.17) is 0 Å². The lowest BCUT2D eigenvalue weighted by atomic mass is 10.1. The molecule has 0 bridgehead atoms. The molecule has 1 aliphatic heterocycles. The molecule has 1 aliphatic rings. The molecule has 1 aromatic rings. The van der Waals surface area contributed by atoms with E-state index in [0.29, 0.717) is 5.56 Å². The van der Waals surface area contributed by atoms with Gasteiger partial charge in [0.15, 0.2) is 5.78 Å². The van der Waals surface area contributed by atoms with Gasteiger partial charge in [0.05, 0.1) is 5.25 Å². The third-order valence-electron chi connectivity index (χ3n) is 3.59.